The monoisotopic (exact) mass is 238 g/mol. The molecule has 1 aromatic rings. The number of aryl methyl sites for hydroxylation is 1. The Bertz CT molecular complexity index is 297. The Morgan fingerprint density at radius 3 is 2.42 bits per heavy atom. The van der Waals surface area contributed by atoms with E-state index in [1.807, 2.05) is 0 Å². The highest BCUT2D eigenvalue weighted by atomic mass is 79.9. The third kappa shape index (κ3) is 1.80. The van der Waals surface area contributed by atoms with Crippen LogP contribution in [0.1, 0.15) is 17.6 Å². The van der Waals surface area contributed by atoms with Gasteiger partial charge in [-0.2, -0.15) is 0 Å². The van der Waals surface area contributed by atoms with Crippen LogP contribution in [0.2, 0.25) is 0 Å². The minimum Gasteiger partial charge on any atom is -0.206 e. The Labute approximate surface area is 76.5 Å². The second kappa shape index (κ2) is 3.47. The van der Waals surface area contributed by atoms with E-state index < -0.39 is 17.8 Å². The zero-order valence-corrected chi connectivity index (χ0v) is 7.83. The first-order chi connectivity index (χ1) is 5.52. The summed E-state index contributed by atoms with van der Waals surface area (Å²) in [6.45, 7) is 1.45. The van der Waals surface area contributed by atoms with Gasteiger partial charge in [0, 0.05) is 4.47 Å². The van der Waals surface area contributed by atoms with Gasteiger partial charge in [-0.15, -0.1) is 0 Å². The molecule has 0 atom stereocenters. The largest absolute Gasteiger partial charge is 0.266 e. The lowest BCUT2D eigenvalue weighted by Gasteiger charge is -2.04. The summed E-state index contributed by atoms with van der Waals surface area (Å²) in [5, 5.41) is 0. The molecule has 66 valence electrons. The Balaban J connectivity index is 3.28. The fourth-order valence-electron chi connectivity index (χ4n) is 0.910. The maximum atomic E-state index is 12.9. The first kappa shape index (κ1) is 9.58. The smallest absolute Gasteiger partial charge is 0.206 e. The summed E-state index contributed by atoms with van der Waals surface area (Å²) < 4.78 is 37.7. The fraction of sp³-hybridized carbons (Fsp3) is 0.250. The van der Waals surface area contributed by atoms with E-state index in [4.69, 9.17) is 0 Å². The van der Waals surface area contributed by atoms with Gasteiger partial charge in [-0.05, 0) is 24.6 Å². The van der Waals surface area contributed by atoms with Crippen LogP contribution in [0.15, 0.2) is 16.6 Å². The number of hydrogen-bond acceptors (Lipinski definition) is 0. The van der Waals surface area contributed by atoms with Crippen LogP contribution >= 0.6 is 15.9 Å². The zero-order chi connectivity index (χ0) is 9.30. The summed E-state index contributed by atoms with van der Waals surface area (Å²) >= 11 is 3.02. The van der Waals surface area contributed by atoms with Gasteiger partial charge in [0.1, 0.15) is 5.82 Å². The molecule has 0 saturated carbocycles. The molecule has 0 aliphatic heterocycles. The summed E-state index contributed by atoms with van der Waals surface area (Å²) in [6.07, 6.45) is -2.76. The number of halogens is 4. The average Bonchev–Trinajstić information content (AvgIpc) is 1.96. The number of alkyl halides is 2. The van der Waals surface area contributed by atoms with Crippen molar-refractivity contribution in [2.45, 2.75) is 13.3 Å². The first-order valence-electron chi connectivity index (χ1n) is 3.26. The summed E-state index contributed by atoms with van der Waals surface area (Å²) in [7, 11) is 0. The minimum atomic E-state index is -2.76. The molecule has 1 aromatic carbocycles. The zero-order valence-electron chi connectivity index (χ0n) is 6.24. The van der Waals surface area contributed by atoms with E-state index in [0.29, 0.717) is 4.47 Å². The van der Waals surface area contributed by atoms with Gasteiger partial charge in [0.25, 0.3) is 6.43 Å². The lowest BCUT2D eigenvalue weighted by molar-refractivity contribution is 0.146. The van der Waals surface area contributed by atoms with Crippen molar-refractivity contribution in [2.75, 3.05) is 0 Å². The summed E-state index contributed by atoms with van der Waals surface area (Å²) in [5.41, 5.74) is -0.332. The van der Waals surface area contributed by atoms with Crippen LogP contribution in [0.3, 0.4) is 0 Å². The second-order valence-corrected chi connectivity index (χ2v) is 3.34. The Morgan fingerprint density at radius 2 is 1.92 bits per heavy atom. The predicted octanol–water partition coefficient (Wildman–Crippen LogP) is 3.83. The van der Waals surface area contributed by atoms with Gasteiger partial charge in [0.2, 0.25) is 0 Å². The van der Waals surface area contributed by atoms with Crippen molar-refractivity contribution in [1.82, 2.24) is 0 Å². The van der Waals surface area contributed by atoms with Crippen LogP contribution in [0.5, 0.6) is 0 Å². The lowest BCUT2D eigenvalue weighted by atomic mass is 10.1. The predicted molar refractivity (Wildman–Crippen MR) is 43.8 cm³/mol. The molecule has 1 rings (SSSR count). The van der Waals surface area contributed by atoms with E-state index in [9.17, 15) is 13.2 Å². The quantitative estimate of drug-likeness (QED) is 0.698. The maximum Gasteiger partial charge on any atom is 0.266 e. The van der Waals surface area contributed by atoms with Crippen molar-refractivity contribution in [1.29, 1.82) is 0 Å². The van der Waals surface area contributed by atoms with Crippen molar-refractivity contribution in [3.05, 3.63) is 33.5 Å². The lowest BCUT2D eigenvalue weighted by Crippen LogP contribution is -1.93. The SMILES string of the molecule is Cc1cc(Br)cc(C(F)F)c1F. The molecule has 0 unspecified atom stereocenters. The summed E-state index contributed by atoms with van der Waals surface area (Å²) in [6, 6.07) is 2.55. The molecule has 0 aliphatic rings. The molecule has 0 saturated heterocycles. The second-order valence-electron chi connectivity index (χ2n) is 2.43. The summed E-state index contributed by atoms with van der Waals surface area (Å²) in [5.74, 6) is -0.826. The van der Waals surface area contributed by atoms with Crippen molar-refractivity contribution >= 4 is 15.9 Å². The molecule has 0 N–H and O–H groups in total. The molecule has 4 heteroatoms. The van der Waals surface area contributed by atoms with E-state index in [1.165, 1.54) is 13.0 Å². The molecular formula is C8H6BrF3. The van der Waals surface area contributed by atoms with Crippen LogP contribution in [-0.2, 0) is 0 Å². The van der Waals surface area contributed by atoms with E-state index in [2.05, 4.69) is 15.9 Å². The first-order valence-corrected chi connectivity index (χ1v) is 4.05. The number of hydrogen-bond donors (Lipinski definition) is 0. The molecule has 0 spiro atoms. The third-order valence-electron chi connectivity index (χ3n) is 1.48. The standard InChI is InChI=1S/C8H6BrF3/c1-4-2-5(9)3-6(7(4)10)8(11)12/h2-3,8H,1H3. The molecule has 0 aliphatic carbocycles. The number of rotatable bonds is 1. The van der Waals surface area contributed by atoms with Crippen molar-refractivity contribution in [3.63, 3.8) is 0 Å². The van der Waals surface area contributed by atoms with Crippen LogP contribution < -0.4 is 0 Å². The molecule has 0 aromatic heterocycles. The fourth-order valence-corrected chi connectivity index (χ4v) is 1.50. The Kier molecular flexibility index (Phi) is 2.77. The third-order valence-corrected chi connectivity index (χ3v) is 1.94. The normalized spacial score (nSPS) is 10.8. The van der Waals surface area contributed by atoms with Gasteiger partial charge in [-0.3, -0.25) is 0 Å². The molecule has 0 nitrogen and oxygen atoms in total. The topological polar surface area (TPSA) is 0 Å². The van der Waals surface area contributed by atoms with Crippen molar-refractivity contribution in [2.24, 2.45) is 0 Å². The molecule has 0 heterocycles. The van der Waals surface area contributed by atoms with Crippen molar-refractivity contribution in [3.8, 4) is 0 Å². The van der Waals surface area contributed by atoms with Gasteiger partial charge in [-0.25, -0.2) is 13.2 Å². The molecule has 12 heavy (non-hydrogen) atoms. The van der Waals surface area contributed by atoms with E-state index in [1.54, 1.807) is 0 Å². The molecule has 0 fully saturated rings. The molecule has 0 bridgehead atoms. The van der Waals surface area contributed by atoms with Gasteiger partial charge in [0.05, 0.1) is 5.56 Å². The summed E-state index contributed by atoms with van der Waals surface area (Å²) in [4.78, 5) is 0. The van der Waals surface area contributed by atoms with Gasteiger partial charge >= 0.3 is 0 Å². The van der Waals surface area contributed by atoms with Crippen LogP contribution in [0.4, 0.5) is 13.2 Å². The van der Waals surface area contributed by atoms with E-state index in [0.717, 1.165) is 6.07 Å². The maximum absolute atomic E-state index is 12.9. The van der Waals surface area contributed by atoms with Crippen LogP contribution in [0, 0.1) is 12.7 Å². The number of benzene rings is 1. The van der Waals surface area contributed by atoms with Crippen LogP contribution in [-0.4, -0.2) is 0 Å². The van der Waals surface area contributed by atoms with Gasteiger partial charge in [-0.1, -0.05) is 15.9 Å². The van der Waals surface area contributed by atoms with Crippen molar-refractivity contribution < 1.29 is 13.2 Å². The highest BCUT2D eigenvalue weighted by molar-refractivity contribution is 9.10. The van der Waals surface area contributed by atoms with Gasteiger partial charge < -0.3 is 0 Å². The van der Waals surface area contributed by atoms with E-state index >= 15 is 0 Å². The Morgan fingerprint density at radius 1 is 1.33 bits per heavy atom. The molecular weight excluding hydrogens is 233 g/mol. The van der Waals surface area contributed by atoms with E-state index in [-0.39, 0.29) is 5.56 Å². The molecule has 0 radical (unpaired) electrons. The van der Waals surface area contributed by atoms with Crippen LogP contribution in [0.25, 0.3) is 0 Å². The minimum absolute atomic E-state index is 0.222. The Hall–Kier alpha value is -0.510. The highest BCUT2D eigenvalue weighted by Crippen LogP contribution is 2.27. The highest BCUT2D eigenvalue weighted by Gasteiger charge is 2.15. The van der Waals surface area contributed by atoms with Gasteiger partial charge in [0.15, 0.2) is 0 Å². The molecule has 0 amide bonds. The average molecular weight is 239 g/mol.